The number of rotatable bonds is 15. The molecular formula is C25H31N9O10S2. The summed E-state index contributed by atoms with van der Waals surface area (Å²) in [5.41, 5.74) is 10.8. The predicted molar refractivity (Wildman–Crippen MR) is 157 cm³/mol. The molecule has 248 valence electrons. The van der Waals surface area contributed by atoms with Gasteiger partial charge in [-0.2, -0.15) is 19.0 Å². The lowest BCUT2D eigenvalue weighted by molar-refractivity contribution is -0.660. The van der Waals surface area contributed by atoms with Crippen LogP contribution in [-0.4, -0.2) is 92.2 Å². The summed E-state index contributed by atoms with van der Waals surface area (Å²) < 4.78 is 46.3. The number of amides is 2. The van der Waals surface area contributed by atoms with Gasteiger partial charge in [-0.25, -0.2) is 18.2 Å². The van der Waals surface area contributed by atoms with Gasteiger partial charge in [0.15, 0.2) is 16.6 Å². The first kappa shape index (κ1) is 34.2. The third kappa shape index (κ3) is 7.92. The highest BCUT2D eigenvalue weighted by molar-refractivity contribution is 7.80. The summed E-state index contributed by atoms with van der Waals surface area (Å²) in [4.78, 5) is 46.8. The van der Waals surface area contributed by atoms with Gasteiger partial charge in [0.25, 0.3) is 17.9 Å². The molecule has 0 bridgehead atoms. The van der Waals surface area contributed by atoms with Gasteiger partial charge in [-0.1, -0.05) is 5.16 Å². The van der Waals surface area contributed by atoms with E-state index in [1.807, 2.05) is 6.20 Å². The monoisotopic (exact) mass is 681 g/mol. The summed E-state index contributed by atoms with van der Waals surface area (Å²) in [6.07, 6.45) is 4.31. The number of pyridine rings is 1. The summed E-state index contributed by atoms with van der Waals surface area (Å²) in [6.45, 7) is 3.37. The molecule has 0 aliphatic carbocycles. The molecule has 0 saturated carbocycles. The van der Waals surface area contributed by atoms with Gasteiger partial charge in [0, 0.05) is 24.2 Å². The van der Waals surface area contributed by atoms with Crippen LogP contribution in [0, 0.1) is 0 Å². The van der Waals surface area contributed by atoms with E-state index >= 15 is 0 Å². The number of aliphatic carboxylic acids is 1. The van der Waals surface area contributed by atoms with Crippen LogP contribution in [0.2, 0.25) is 0 Å². The second-order valence-electron chi connectivity index (χ2n) is 10.4. The van der Waals surface area contributed by atoms with Crippen molar-refractivity contribution in [2.24, 2.45) is 17.9 Å². The first-order valence-electron chi connectivity index (χ1n) is 13.4. The van der Waals surface area contributed by atoms with Crippen LogP contribution in [0.1, 0.15) is 26.0 Å². The van der Waals surface area contributed by atoms with E-state index in [-0.39, 0.29) is 10.8 Å². The molecule has 1 unspecified atom stereocenters. The molecule has 0 aromatic carbocycles. The average molecular weight is 682 g/mol. The number of hydrogen-bond acceptors (Lipinski definition) is 15. The fourth-order valence-corrected chi connectivity index (χ4v) is 5.29. The number of nitrogens with zero attached hydrogens (tertiary/aromatic N) is 6. The number of thiazole rings is 1. The van der Waals surface area contributed by atoms with Crippen LogP contribution in [0.3, 0.4) is 0 Å². The smallest absolute Gasteiger partial charge is 0.351 e. The SMILES string of the molecule is C[n+]1cc(OCC(O/N=C(\C(=O)N[C@@H]2C(=O)N(OS(=O)(=O)[O-])C2(C)C)c2csc(N)n2)C(=O)O)ccc1-c1cnn(CCCN)c1. The van der Waals surface area contributed by atoms with Crippen molar-refractivity contribution in [1.29, 1.82) is 0 Å². The number of β-lactam (4-membered cyclic amide) rings is 1. The number of hydroxylamine groups is 2. The number of hydrogen-bond donors (Lipinski definition) is 4. The molecule has 1 aliphatic heterocycles. The van der Waals surface area contributed by atoms with Gasteiger partial charge in [-0.3, -0.25) is 14.3 Å². The van der Waals surface area contributed by atoms with Gasteiger partial charge in [-0.15, -0.1) is 11.3 Å². The van der Waals surface area contributed by atoms with Crippen molar-refractivity contribution in [1.82, 2.24) is 25.1 Å². The molecule has 6 N–H and O–H groups in total. The number of aromatic nitrogens is 4. The first-order chi connectivity index (χ1) is 21.6. The largest absolute Gasteiger partial charge is 0.724 e. The Morgan fingerprint density at radius 2 is 2.09 bits per heavy atom. The molecular weight excluding hydrogens is 650 g/mol. The van der Waals surface area contributed by atoms with Gasteiger partial charge >= 0.3 is 5.97 Å². The number of carbonyl (C=O) groups is 3. The number of nitrogens with one attached hydrogen (secondary N) is 1. The number of carbonyl (C=O) groups excluding carboxylic acids is 2. The average Bonchev–Trinajstić information content (AvgIpc) is 3.63. The minimum Gasteiger partial charge on any atom is -0.724 e. The molecule has 3 aromatic heterocycles. The molecule has 2 amide bonds. The Labute approximate surface area is 266 Å². The summed E-state index contributed by atoms with van der Waals surface area (Å²) >= 11 is 0.949. The second-order valence-corrected chi connectivity index (χ2v) is 12.3. The summed E-state index contributed by atoms with van der Waals surface area (Å²) in [7, 11) is -3.49. The lowest BCUT2D eigenvalue weighted by Gasteiger charge is -2.51. The number of ether oxygens (including phenoxy) is 1. The van der Waals surface area contributed by atoms with E-state index in [9.17, 15) is 32.5 Å². The number of anilines is 1. The number of nitrogen functional groups attached to an aromatic ring is 1. The Morgan fingerprint density at radius 3 is 2.67 bits per heavy atom. The Balaban J connectivity index is 1.46. The molecule has 1 fully saturated rings. The quantitative estimate of drug-likeness (QED) is 0.0356. The van der Waals surface area contributed by atoms with Crippen LogP contribution in [0.25, 0.3) is 11.3 Å². The fourth-order valence-electron chi connectivity index (χ4n) is 4.29. The lowest BCUT2D eigenvalue weighted by Crippen LogP contribution is -2.76. The molecule has 0 radical (unpaired) electrons. The van der Waals surface area contributed by atoms with Crippen LogP contribution in [0.5, 0.6) is 5.75 Å². The zero-order valence-corrected chi connectivity index (χ0v) is 26.4. The van der Waals surface area contributed by atoms with Crippen molar-refractivity contribution < 1.29 is 50.9 Å². The normalized spacial score (nSPS) is 16.9. The van der Waals surface area contributed by atoms with Gasteiger partial charge in [0.1, 0.15) is 25.4 Å². The summed E-state index contributed by atoms with van der Waals surface area (Å²) in [5.74, 6) is -3.23. The third-order valence-corrected chi connectivity index (χ3v) is 7.68. The minimum absolute atomic E-state index is 0.0492. The maximum Gasteiger partial charge on any atom is 0.351 e. The number of aryl methyl sites for hydroxylation is 2. The molecule has 46 heavy (non-hydrogen) atoms. The Morgan fingerprint density at radius 1 is 1.35 bits per heavy atom. The Kier molecular flexibility index (Phi) is 10.2. The van der Waals surface area contributed by atoms with Crippen molar-refractivity contribution in [3.8, 4) is 17.0 Å². The van der Waals surface area contributed by atoms with Crippen LogP contribution in [0.15, 0.2) is 41.3 Å². The van der Waals surface area contributed by atoms with Crippen molar-refractivity contribution in [3.05, 3.63) is 41.8 Å². The van der Waals surface area contributed by atoms with E-state index in [0.29, 0.717) is 23.9 Å². The Bertz CT molecular complexity index is 1760. The highest BCUT2D eigenvalue weighted by Crippen LogP contribution is 2.33. The zero-order valence-electron chi connectivity index (χ0n) is 24.7. The third-order valence-electron chi connectivity index (χ3n) is 6.67. The molecule has 1 aliphatic rings. The highest BCUT2D eigenvalue weighted by Gasteiger charge is 2.57. The molecule has 0 spiro atoms. The minimum atomic E-state index is -5.27. The molecule has 21 heteroatoms. The predicted octanol–water partition coefficient (Wildman–Crippen LogP) is -1.49. The van der Waals surface area contributed by atoms with E-state index in [1.165, 1.54) is 19.2 Å². The van der Waals surface area contributed by atoms with E-state index in [4.69, 9.17) is 21.0 Å². The van der Waals surface area contributed by atoms with Crippen LogP contribution in [0.4, 0.5) is 5.13 Å². The second kappa shape index (κ2) is 13.7. The fraction of sp³-hybridized carbons (Fsp3) is 0.400. The van der Waals surface area contributed by atoms with Gasteiger partial charge in [-0.05, 0) is 32.9 Å². The highest BCUT2D eigenvalue weighted by atomic mass is 32.3. The van der Waals surface area contributed by atoms with Crippen LogP contribution < -0.4 is 26.1 Å². The molecule has 2 atom stereocenters. The van der Waals surface area contributed by atoms with Gasteiger partial charge < -0.3 is 36.0 Å². The number of oxime groups is 1. The molecule has 19 nitrogen and oxygen atoms in total. The van der Waals surface area contributed by atoms with Crippen LogP contribution >= 0.6 is 11.3 Å². The van der Waals surface area contributed by atoms with Gasteiger partial charge in [0.05, 0.1) is 17.3 Å². The van der Waals surface area contributed by atoms with Crippen molar-refractivity contribution in [3.63, 3.8) is 0 Å². The number of carboxylic acids is 1. The maximum absolute atomic E-state index is 13.2. The topological polar surface area (TPSA) is 271 Å². The van der Waals surface area contributed by atoms with Crippen molar-refractivity contribution >= 4 is 50.4 Å². The number of nitrogens with two attached hydrogens (primary N) is 2. The Hall–Kier alpha value is -4.70. The molecule has 3 aromatic rings. The summed E-state index contributed by atoms with van der Waals surface area (Å²) in [5, 5.41) is 21.8. The molecule has 4 heterocycles. The maximum atomic E-state index is 13.2. The molecule has 4 rings (SSSR count). The van der Waals surface area contributed by atoms with Crippen molar-refractivity contribution in [2.45, 2.75) is 44.5 Å². The standard InChI is InChI=1S/C25H31N9O10S2/c1-25(2)20(22(36)34(25)44-46(39,40)41)30-21(35)19(16-13-45-24(27)29-16)31-43-18(23(37)38)12-42-15-5-6-17(32(3)11-15)14-9-28-33(10-14)8-4-7-26/h5-6,9-11,13,18,20H,4,7-8,12,26H2,1-3H3,(H4-,27,29,30,35,37,38,39,40,41)/b31-19-/t18?,20-/m1/s1. The number of carboxylic acid groups (broad SMARTS) is 1. The van der Waals surface area contributed by atoms with E-state index in [0.717, 1.165) is 29.0 Å². The zero-order chi connectivity index (χ0) is 33.8. The lowest BCUT2D eigenvalue weighted by atomic mass is 9.84. The summed E-state index contributed by atoms with van der Waals surface area (Å²) in [6, 6.07) is 2.05. The molecule has 1 saturated heterocycles. The first-order valence-corrected chi connectivity index (χ1v) is 15.7. The van der Waals surface area contributed by atoms with E-state index in [2.05, 4.69) is 24.8 Å². The van der Waals surface area contributed by atoms with Gasteiger partial charge in [0.2, 0.25) is 22.3 Å². The van der Waals surface area contributed by atoms with E-state index in [1.54, 1.807) is 40.8 Å². The van der Waals surface area contributed by atoms with E-state index < -0.39 is 58.2 Å². The van der Waals surface area contributed by atoms with Crippen molar-refractivity contribution in [2.75, 3.05) is 18.9 Å². The van der Waals surface area contributed by atoms with Crippen LogP contribution in [-0.2, 0) is 47.5 Å².